The Morgan fingerprint density at radius 1 is 1.06 bits per heavy atom. The molecule has 0 aromatic heterocycles. The summed E-state index contributed by atoms with van der Waals surface area (Å²) in [6, 6.07) is 0. The largest absolute Gasteiger partial charge is 0.325 e. The number of nitrogens with two attached hydrogens (primary N) is 1. The smallest absolute Gasteiger partial charge is 0.0166 e. The van der Waals surface area contributed by atoms with E-state index >= 15 is 0 Å². The van der Waals surface area contributed by atoms with E-state index < -0.39 is 0 Å². The third-order valence-electron chi connectivity index (χ3n) is 4.03. The van der Waals surface area contributed by atoms with Gasteiger partial charge in [-0.1, -0.05) is 39.5 Å². The fourth-order valence-electron chi connectivity index (χ4n) is 2.50. The fourth-order valence-corrected chi connectivity index (χ4v) is 2.50. The van der Waals surface area contributed by atoms with Gasteiger partial charge in [0.05, 0.1) is 0 Å². The molecule has 0 amide bonds. The van der Waals surface area contributed by atoms with Gasteiger partial charge >= 0.3 is 0 Å². The van der Waals surface area contributed by atoms with Gasteiger partial charge in [-0.2, -0.15) is 0 Å². The average molecular weight is 240 g/mol. The van der Waals surface area contributed by atoms with Gasteiger partial charge in [-0.3, -0.25) is 0 Å². The number of hydrogen-bond acceptors (Lipinski definition) is 2. The molecule has 0 bridgehead atoms. The highest BCUT2D eigenvalue weighted by Crippen LogP contribution is 2.31. The molecule has 2 nitrogen and oxygen atoms in total. The molecule has 0 aromatic rings. The number of hydrogen-bond donors (Lipinski definition) is 2. The van der Waals surface area contributed by atoms with Crippen LogP contribution in [0.3, 0.4) is 0 Å². The first-order valence-corrected chi connectivity index (χ1v) is 7.62. The molecule has 1 aliphatic carbocycles. The first kappa shape index (κ1) is 15.0. The normalized spacial score (nSPS) is 18.4. The summed E-state index contributed by atoms with van der Waals surface area (Å²) in [6.45, 7) is 6.91. The Morgan fingerprint density at radius 2 is 1.76 bits per heavy atom. The standard InChI is InChI=1S/C15H32N2/c1-14(2)8-5-3-4-6-12-17-13-11-15(16)9-7-10-15/h14,17H,3-13,16H2,1-2H3. The van der Waals surface area contributed by atoms with Crippen molar-refractivity contribution in [3.8, 4) is 0 Å². The van der Waals surface area contributed by atoms with Crippen LogP contribution < -0.4 is 11.1 Å². The molecule has 0 spiro atoms. The Balaban J connectivity index is 1.75. The average Bonchev–Trinajstić information content (AvgIpc) is 2.24. The maximum atomic E-state index is 6.17. The Kier molecular flexibility index (Phi) is 7.14. The summed E-state index contributed by atoms with van der Waals surface area (Å²) in [5.41, 5.74) is 6.37. The van der Waals surface area contributed by atoms with Crippen molar-refractivity contribution >= 4 is 0 Å². The Morgan fingerprint density at radius 3 is 2.35 bits per heavy atom. The molecule has 0 radical (unpaired) electrons. The number of rotatable bonds is 10. The third-order valence-corrected chi connectivity index (χ3v) is 4.03. The molecule has 2 heteroatoms. The van der Waals surface area contributed by atoms with Crippen molar-refractivity contribution in [1.82, 2.24) is 5.32 Å². The van der Waals surface area contributed by atoms with Crippen molar-refractivity contribution in [3.63, 3.8) is 0 Å². The lowest BCUT2D eigenvalue weighted by atomic mass is 9.75. The van der Waals surface area contributed by atoms with Crippen LogP contribution >= 0.6 is 0 Å². The van der Waals surface area contributed by atoms with Crippen molar-refractivity contribution in [1.29, 1.82) is 0 Å². The first-order valence-electron chi connectivity index (χ1n) is 7.62. The maximum Gasteiger partial charge on any atom is 0.0166 e. The van der Waals surface area contributed by atoms with E-state index in [9.17, 15) is 0 Å². The highest BCUT2D eigenvalue weighted by molar-refractivity contribution is 4.92. The summed E-state index contributed by atoms with van der Waals surface area (Å²) >= 11 is 0. The lowest BCUT2D eigenvalue weighted by molar-refractivity contribution is 0.229. The Hall–Kier alpha value is -0.0800. The quantitative estimate of drug-likeness (QED) is 0.574. The zero-order valence-electron chi connectivity index (χ0n) is 11.9. The van der Waals surface area contributed by atoms with Crippen LogP contribution in [0.4, 0.5) is 0 Å². The predicted octanol–water partition coefficient (Wildman–Crippen LogP) is 3.45. The van der Waals surface area contributed by atoms with Crippen LogP contribution in [0.1, 0.15) is 71.6 Å². The molecule has 1 saturated carbocycles. The van der Waals surface area contributed by atoms with E-state index in [1.54, 1.807) is 0 Å². The first-order chi connectivity index (χ1) is 8.12. The third kappa shape index (κ3) is 7.05. The molecule has 0 aliphatic heterocycles. The van der Waals surface area contributed by atoms with Gasteiger partial charge in [0.15, 0.2) is 0 Å². The van der Waals surface area contributed by atoms with Crippen LogP contribution in [0, 0.1) is 5.92 Å². The molecule has 1 fully saturated rings. The fraction of sp³-hybridized carbons (Fsp3) is 1.00. The Labute approximate surface area is 108 Å². The highest BCUT2D eigenvalue weighted by Gasteiger charge is 2.31. The van der Waals surface area contributed by atoms with Crippen LogP contribution in [0.25, 0.3) is 0 Å². The van der Waals surface area contributed by atoms with Crippen molar-refractivity contribution in [3.05, 3.63) is 0 Å². The summed E-state index contributed by atoms with van der Waals surface area (Å²) in [7, 11) is 0. The van der Waals surface area contributed by atoms with E-state index in [4.69, 9.17) is 5.73 Å². The summed E-state index contributed by atoms with van der Waals surface area (Å²) < 4.78 is 0. The van der Waals surface area contributed by atoms with E-state index in [0.717, 1.165) is 12.5 Å². The molecule has 102 valence electrons. The van der Waals surface area contributed by atoms with Crippen LogP contribution in [-0.2, 0) is 0 Å². The van der Waals surface area contributed by atoms with Gasteiger partial charge in [-0.15, -0.1) is 0 Å². The molecule has 3 N–H and O–H groups in total. The minimum absolute atomic E-state index is 0.199. The van der Waals surface area contributed by atoms with Gasteiger partial charge in [0.25, 0.3) is 0 Å². The van der Waals surface area contributed by atoms with Gasteiger partial charge in [0, 0.05) is 5.54 Å². The summed E-state index contributed by atoms with van der Waals surface area (Å²) in [5.74, 6) is 0.872. The van der Waals surface area contributed by atoms with Crippen LogP contribution in [0.15, 0.2) is 0 Å². The summed E-state index contributed by atoms with van der Waals surface area (Å²) in [5, 5.41) is 3.53. The van der Waals surface area contributed by atoms with Gasteiger partial charge in [-0.25, -0.2) is 0 Å². The van der Waals surface area contributed by atoms with Crippen molar-refractivity contribution in [2.75, 3.05) is 13.1 Å². The molecular weight excluding hydrogens is 208 g/mol. The molecule has 1 aliphatic rings. The van der Waals surface area contributed by atoms with Crippen LogP contribution in [-0.4, -0.2) is 18.6 Å². The lowest BCUT2D eigenvalue weighted by Crippen LogP contribution is -2.48. The second kappa shape index (κ2) is 8.10. The SMILES string of the molecule is CC(C)CCCCCCNCCC1(N)CCC1. The maximum absolute atomic E-state index is 6.17. The van der Waals surface area contributed by atoms with Gasteiger partial charge < -0.3 is 11.1 Å². The molecule has 0 unspecified atom stereocenters. The van der Waals surface area contributed by atoms with E-state index in [1.807, 2.05) is 0 Å². The molecule has 0 aromatic carbocycles. The van der Waals surface area contributed by atoms with Gasteiger partial charge in [0.1, 0.15) is 0 Å². The van der Waals surface area contributed by atoms with E-state index in [-0.39, 0.29) is 5.54 Å². The van der Waals surface area contributed by atoms with Crippen LogP contribution in [0.5, 0.6) is 0 Å². The second-order valence-electron chi connectivity index (χ2n) is 6.31. The van der Waals surface area contributed by atoms with Crippen molar-refractivity contribution < 1.29 is 0 Å². The van der Waals surface area contributed by atoms with E-state index in [0.29, 0.717) is 0 Å². The minimum atomic E-state index is 0.199. The van der Waals surface area contributed by atoms with Gasteiger partial charge in [0.2, 0.25) is 0 Å². The van der Waals surface area contributed by atoms with Crippen molar-refractivity contribution in [2.24, 2.45) is 11.7 Å². The molecule has 1 rings (SSSR count). The lowest BCUT2D eigenvalue weighted by Gasteiger charge is -2.38. The number of nitrogens with one attached hydrogen (secondary N) is 1. The second-order valence-corrected chi connectivity index (χ2v) is 6.31. The number of unbranched alkanes of at least 4 members (excludes halogenated alkanes) is 3. The van der Waals surface area contributed by atoms with E-state index in [1.165, 1.54) is 64.3 Å². The molecule has 0 saturated heterocycles. The zero-order valence-corrected chi connectivity index (χ0v) is 11.9. The van der Waals surface area contributed by atoms with E-state index in [2.05, 4.69) is 19.2 Å². The molecule has 17 heavy (non-hydrogen) atoms. The molecular formula is C15H32N2. The summed E-state index contributed by atoms with van der Waals surface area (Å²) in [6.07, 6.45) is 11.9. The predicted molar refractivity (Wildman–Crippen MR) is 76.2 cm³/mol. The minimum Gasteiger partial charge on any atom is -0.325 e. The zero-order chi connectivity index (χ0) is 12.6. The van der Waals surface area contributed by atoms with Gasteiger partial charge in [-0.05, 0) is 51.1 Å². The molecule has 0 atom stereocenters. The summed E-state index contributed by atoms with van der Waals surface area (Å²) in [4.78, 5) is 0. The topological polar surface area (TPSA) is 38.0 Å². The van der Waals surface area contributed by atoms with Crippen LogP contribution in [0.2, 0.25) is 0 Å². The van der Waals surface area contributed by atoms with Crippen molar-refractivity contribution in [2.45, 2.75) is 77.2 Å². The Bertz CT molecular complexity index is 185. The highest BCUT2D eigenvalue weighted by atomic mass is 14.9. The monoisotopic (exact) mass is 240 g/mol. The molecule has 0 heterocycles.